The van der Waals surface area contributed by atoms with Gasteiger partial charge in [-0.25, -0.2) is 4.79 Å². The van der Waals surface area contributed by atoms with Crippen LogP contribution in [0.1, 0.15) is 15.9 Å². The molecule has 4 nitrogen and oxygen atoms in total. The van der Waals surface area contributed by atoms with Crippen LogP contribution in [0.15, 0.2) is 48.5 Å². The molecule has 3 aromatic carbocycles. The molecule has 4 heteroatoms. The molecule has 0 atom stereocenters. The van der Waals surface area contributed by atoms with E-state index in [1.54, 1.807) is 12.1 Å². The number of Topliss-reactive ketones (excluding diaryl/α,β-unsaturated/α-hetero) is 3. The van der Waals surface area contributed by atoms with E-state index < -0.39 is 17.3 Å². The molecule has 0 saturated heterocycles. The Morgan fingerprint density at radius 1 is 0.609 bits per heavy atom. The van der Waals surface area contributed by atoms with Crippen LogP contribution in [0.25, 0.3) is 27.1 Å². The van der Waals surface area contributed by atoms with Crippen LogP contribution >= 0.6 is 0 Å². The first-order valence-electron chi connectivity index (χ1n) is 6.95. The maximum atomic E-state index is 12.1. The molecular formula is C19H8O4. The number of ketones is 3. The quantitative estimate of drug-likeness (QED) is 0.277. The Kier molecular flexibility index (Phi) is 2.64. The summed E-state index contributed by atoms with van der Waals surface area (Å²) in [6, 6.07) is 14.7. The lowest BCUT2D eigenvalue weighted by atomic mass is 9.83. The Morgan fingerprint density at radius 2 is 1.17 bits per heavy atom. The predicted octanol–water partition coefficient (Wildman–Crippen LogP) is 2.54. The van der Waals surface area contributed by atoms with E-state index in [9.17, 15) is 19.2 Å². The molecule has 1 aliphatic rings. The summed E-state index contributed by atoms with van der Waals surface area (Å²) in [7, 11) is 0. The molecule has 1 aliphatic carbocycles. The van der Waals surface area contributed by atoms with E-state index in [0.717, 1.165) is 21.5 Å². The van der Waals surface area contributed by atoms with E-state index in [0.29, 0.717) is 0 Å². The van der Waals surface area contributed by atoms with E-state index in [2.05, 4.69) is 0 Å². The molecule has 23 heavy (non-hydrogen) atoms. The number of fused-ring (bicyclic) bond motifs is 3. The molecule has 3 aromatic rings. The number of benzene rings is 3. The molecule has 108 valence electrons. The van der Waals surface area contributed by atoms with Crippen molar-refractivity contribution in [3.8, 4) is 0 Å². The standard InChI is InChI=1S/C19H8O4/c20-9-16-14-7-12-5-10-3-1-2-4-11(10)6-13(12)8-15(14)17(21)19(23)18(16)22/h1-8H. The third-order valence-electron chi connectivity index (χ3n) is 4.10. The number of allylic oxidation sites excluding steroid dienone is 1. The smallest absolute Gasteiger partial charge is 0.274 e. The van der Waals surface area contributed by atoms with Crippen molar-refractivity contribution in [1.29, 1.82) is 0 Å². The van der Waals surface area contributed by atoms with Gasteiger partial charge in [-0.05, 0) is 45.8 Å². The van der Waals surface area contributed by atoms with Crippen molar-refractivity contribution < 1.29 is 19.2 Å². The minimum atomic E-state index is -1.18. The Morgan fingerprint density at radius 3 is 1.74 bits per heavy atom. The van der Waals surface area contributed by atoms with Gasteiger partial charge >= 0.3 is 0 Å². The van der Waals surface area contributed by atoms with Crippen LogP contribution in [-0.4, -0.2) is 23.3 Å². The van der Waals surface area contributed by atoms with Gasteiger partial charge in [0.15, 0.2) is 0 Å². The van der Waals surface area contributed by atoms with Crippen LogP contribution in [0, 0.1) is 0 Å². The number of hydrogen-bond acceptors (Lipinski definition) is 4. The number of hydrogen-bond donors (Lipinski definition) is 0. The summed E-state index contributed by atoms with van der Waals surface area (Å²) < 4.78 is 0. The van der Waals surface area contributed by atoms with Gasteiger partial charge in [-0.15, -0.1) is 0 Å². The van der Waals surface area contributed by atoms with Crippen LogP contribution in [0.4, 0.5) is 0 Å². The topological polar surface area (TPSA) is 68.3 Å². The lowest BCUT2D eigenvalue weighted by Gasteiger charge is -2.15. The van der Waals surface area contributed by atoms with Gasteiger partial charge in [0, 0.05) is 11.1 Å². The molecule has 0 amide bonds. The summed E-state index contributed by atoms with van der Waals surface area (Å²) in [6.07, 6.45) is 0. The Balaban J connectivity index is 2.13. The van der Waals surface area contributed by atoms with Crippen LogP contribution in [-0.2, 0) is 14.4 Å². The Labute approximate surface area is 130 Å². The summed E-state index contributed by atoms with van der Waals surface area (Å²) in [4.78, 5) is 46.7. The lowest BCUT2D eigenvalue weighted by molar-refractivity contribution is -0.130. The fraction of sp³-hybridized carbons (Fsp3) is 0. The van der Waals surface area contributed by atoms with E-state index in [1.807, 2.05) is 36.4 Å². The largest absolute Gasteiger partial charge is 0.285 e. The monoisotopic (exact) mass is 300 g/mol. The molecule has 0 radical (unpaired) electrons. The van der Waals surface area contributed by atoms with Crippen LogP contribution < -0.4 is 0 Å². The zero-order valence-corrected chi connectivity index (χ0v) is 11.8. The fourth-order valence-corrected chi connectivity index (χ4v) is 2.95. The van der Waals surface area contributed by atoms with Crippen molar-refractivity contribution in [1.82, 2.24) is 0 Å². The van der Waals surface area contributed by atoms with E-state index in [4.69, 9.17) is 0 Å². The van der Waals surface area contributed by atoms with Gasteiger partial charge in [0.1, 0.15) is 11.5 Å². The Hall–Kier alpha value is -3.36. The average Bonchev–Trinajstić information content (AvgIpc) is 2.57. The van der Waals surface area contributed by atoms with Crippen molar-refractivity contribution in [3.05, 3.63) is 59.7 Å². The van der Waals surface area contributed by atoms with Crippen molar-refractivity contribution >= 4 is 50.4 Å². The normalized spacial score (nSPS) is 14.3. The van der Waals surface area contributed by atoms with Crippen LogP contribution in [0.5, 0.6) is 0 Å². The van der Waals surface area contributed by atoms with Gasteiger partial charge < -0.3 is 0 Å². The lowest BCUT2D eigenvalue weighted by Crippen LogP contribution is -2.31. The van der Waals surface area contributed by atoms with Gasteiger partial charge in [0.2, 0.25) is 11.6 Å². The first-order chi connectivity index (χ1) is 11.1. The van der Waals surface area contributed by atoms with Crippen LogP contribution in [0.2, 0.25) is 0 Å². The zero-order valence-electron chi connectivity index (χ0n) is 11.8. The highest BCUT2D eigenvalue weighted by Crippen LogP contribution is 2.31. The maximum Gasteiger partial charge on any atom is 0.274 e. The first-order valence-corrected chi connectivity index (χ1v) is 6.95. The van der Waals surface area contributed by atoms with Crippen LogP contribution in [0.3, 0.4) is 0 Å². The fourth-order valence-electron chi connectivity index (χ4n) is 2.95. The molecule has 0 bridgehead atoms. The van der Waals surface area contributed by atoms with E-state index >= 15 is 0 Å². The summed E-state index contributed by atoms with van der Waals surface area (Å²) in [5.74, 6) is -1.64. The zero-order chi connectivity index (χ0) is 16.1. The van der Waals surface area contributed by atoms with Crippen molar-refractivity contribution in [2.45, 2.75) is 0 Å². The summed E-state index contributed by atoms with van der Waals surface area (Å²) in [5.41, 5.74) is -0.118. The molecular weight excluding hydrogens is 292 g/mol. The summed E-state index contributed by atoms with van der Waals surface area (Å²) in [5, 5.41) is 3.55. The molecule has 0 fully saturated rings. The second-order valence-corrected chi connectivity index (χ2v) is 5.41. The molecule has 4 rings (SSSR count). The van der Waals surface area contributed by atoms with Gasteiger partial charge in [-0.3, -0.25) is 14.4 Å². The molecule has 0 unspecified atom stereocenters. The summed E-state index contributed by atoms with van der Waals surface area (Å²) >= 11 is 0. The van der Waals surface area contributed by atoms with Gasteiger partial charge in [-0.2, -0.15) is 0 Å². The van der Waals surface area contributed by atoms with Crippen molar-refractivity contribution in [3.63, 3.8) is 0 Å². The molecule has 0 spiro atoms. The molecule has 0 heterocycles. The first kappa shape index (κ1) is 13.3. The number of rotatable bonds is 0. The maximum absolute atomic E-state index is 12.1. The average molecular weight is 300 g/mol. The highest BCUT2D eigenvalue weighted by atomic mass is 16.2. The predicted molar refractivity (Wildman–Crippen MR) is 84.9 cm³/mol. The van der Waals surface area contributed by atoms with E-state index in [1.165, 1.54) is 5.94 Å². The second-order valence-electron chi connectivity index (χ2n) is 5.41. The van der Waals surface area contributed by atoms with Gasteiger partial charge in [0.05, 0.1) is 0 Å². The Bertz CT molecular complexity index is 1110. The second kappa shape index (κ2) is 4.57. The highest BCUT2D eigenvalue weighted by Gasteiger charge is 2.37. The third-order valence-corrected chi connectivity index (χ3v) is 4.10. The number of carbonyl (C=O) groups is 3. The SMILES string of the molecule is O=C=C1C(=O)C(=O)C(=O)c2cc3cc4ccccc4cc3cc21. The van der Waals surface area contributed by atoms with Gasteiger partial charge in [0.25, 0.3) is 5.78 Å². The highest BCUT2D eigenvalue weighted by molar-refractivity contribution is 6.78. The van der Waals surface area contributed by atoms with Crippen molar-refractivity contribution in [2.24, 2.45) is 0 Å². The molecule has 0 aliphatic heterocycles. The minimum absolute atomic E-state index is 0.0794. The van der Waals surface area contributed by atoms with Crippen molar-refractivity contribution in [2.75, 3.05) is 0 Å². The third kappa shape index (κ3) is 1.79. The molecule has 0 N–H and O–H groups in total. The minimum Gasteiger partial charge on any atom is -0.285 e. The molecule has 0 saturated carbocycles. The summed E-state index contributed by atoms with van der Waals surface area (Å²) in [6.45, 7) is 0. The molecule has 0 aromatic heterocycles. The van der Waals surface area contributed by atoms with E-state index in [-0.39, 0.29) is 16.7 Å². The van der Waals surface area contributed by atoms with Gasteiger partial charge in [-0.1, -0.05) is 24.3 Å². The number of carbonyl (C=O) groups excluding carboxylic acids is 4.